The topological polar surface area (TPSA) is 85.1 Å². The number of nitrogens with zero attached hydrogens (tertiary/aromatic N) is 4. The van der Waals surface area contributed by atoms with E-state index in [2.05, 4.69) is 20.2 Å². The summed E-state index contributed by atoms with van der Waals surface area (Å²) in [5.41, 5.74) is 1.82. The summed E-state index contributed by atoms with van der Waals surface area (Å²) >= 11 is 0. The highest BCUT2D eigenvalue weighted by molar-refractivity contribution is 6.04. The number of hydrogen-bond donors (Lipinski definition) is 1. The van der Waals surface area contributed by atoms with Gasteiger partial charge in [-0.05, 0) is 39.2 Å². The van der Waals surface area contributed by atoms with E-state index in [0.29, 0.717) is 34.3 Å². The second-order valence-electron chi connectivity index (χ2n) is 5.84. The van der Waals surface area contributed by atoms with Crippen LogP contribution >= 0.6 is 0 Å². The molecule has 1 aromatic carbocycles. The van der Waals surface area contributed by atoms with Crippen LogP contribution in [0.15, 0.2) is 36.5 Å². The van der Waals surface area contributed by atoms with Gasteiger partial charge in [-0.1, -0.05) is 6.07 Å². The van der Waals surface area contributed by atoms with Crippen molar-refractivity contribution in [3.63, 3.8) is 0 Å². The second-order valence-corrected chi connectivity index (χ2v) is 5.84. The zero-order valence-corrected chi connectivity index (χ0v) is 13.7. The maximum atomic E-state index is 12.5. The van der Waals surface area contributed by atoms with Gasteiger partial charge in [0.05, 0.1) is 5.56 Å². The van der Waals surface area contributed by atoms with E-state index in [1.54, 1.807) is 36.5 Å². The lowest BCUT2D eigenvalue weighted by atomic mass is 10.1. The summed E-state index contributed by atoms with van der Waals surface area (Å²) in [6.07, 6.45) is 2.42. The lowest BCUT2D eigenvalue weighted by molar-refractivity contribution is -0.548. The quantitative estimate of drug-likeness (QED) is 0.329. The van der Waals surface area contributed by atoms with Crippen molar-refractivity contribution in [1.82, 2.24) is 20.2 Å². The Balaban J connectivity index is 1.95. The van der Waals surface area contributed by atoms with E-state index < -0.39 is 0 Å². The van der Waals surface area contributed by atoms with Gasteiger partial charge in [0.15, 0.2) is 5.52 Å². The van der Waals surface area contributed by atoms with E-state index in [1.165, 1.54) is 0 Å². The molecule has 0 fully saturated rings. The number of carbonyl (C=O) groups is 1. The van der Waals surface area contributed by atoms with Crippen molar-refractivity contribution in [1.29, 1.82) is 0 Å². The van der Waals surface area contributed by atoms with Gasteiger partial charge < -0.3 is 15.4 Å². The fourth-order valence-electron chi connectivity index (χ4n) is 2.56. The van der Waals surface area contributed by atoms with Crippen LogP contribution in [0, 0.1) is 5.21 Å². The van der Waals surface area contributed by atoms with E-state index in [0.717, 1.165) is 17.7 Å². The molecule has 0 radical (unpaired) electrons. The number of aromatic nitrogens is 3. The first-order chi connectivity index (χ1) is 11.6. The molecule has 0 unspecified atom stereocenters. The Labute approximate surface area is 139 Å². The average molecular weight is 325 g/mol. The molecule has 0 aliphatic rings. The Morgan fingerprint density at radius 2 is 2.04 bits per heavy atom. The summed E-state index contributed by atoms with van der Waals surface area (Å²) in [6.45, 7) is 1.46. The minimum Gasteiger partial charge on any atom is -0.618 e. The molecule has 24 heavy (non-hydrogen) atoms. The highest BCUT2D eigenvalue weighted by Gasteiger charge is 2.18. The molecule has 3 rings (SSSR count). The number of fused-ring (bicyclic) bond motifs is 2. The Morgan fingerprint density at radius 1 is 1.25 bits per heavy atom. The molecule has 7 heteroatoms. The first-order valence-electron chi connectivity index (χ1n) is 7.78. The minimum atomic E-state index is -0.234. The highest BCUT2D eigenvalue weighted by Crippen LogP contribution is 2.16. The molecule has 124 valence electrons. The molecule has 0 saturated carbocycles. The Hall–Kier alpha value is -2.80. The van der Waals surface area contributed by atoms with Gasteiger partial charge in [0.25, 0.3) is 11.4 Å². The number of amides is 1. The molecular weight excluding hydrogens is 306 g/mol. The number of benzene rings is 1. The van der Waals surface area contributed by atoms with Crippen LogP contribution in [-0.4, -0.2) is 48.0 Å². The summed E-state index contributed by atoms with van der Waals surface area (Å²) < 4.78 is 0.771. The molecule has 0 saturated heterocycles. The summed E-state index contributed by atoms with van der Waals surface area (Å²) in [5.74, 6) is -0.234. The third kappa shape index (κ3) is 3.11. The molecular formula is C17H19N5O2. The SMILES string of the molecule is CN(C)CCCNC(=O)c1cccc2c1nc1ncccc1[n+]2[O-]. The van der Waals surface area contributed by atoms with E-state index in [-0.39, 0.29) is 5.91 Å². The van der Waals surface area contributed by atoms with Crippen molar-refractivity contribution in [2.24, 2.45) is 0 Å². The van der Waals surface area contributed by atoms with Gasteiger partial charge in [-0.15, -0.1) is 0 Å². The van der Waals surface area contributed by atoms with Gasteiger partial charge >= 0.3 is 0 Å². The maximum Gasteiger partial charge on any atom is 0.262 e. The Kier molecular flexibility index (Phi) is 4.52. The fraction of sp³-hybridized carbons (Fsp3) is 0.294. The average Bonchev–Trinajstić information content (AvgIpc) is 2.58. The fourth-order valence-corrected chi connectivity index (χ4v) is 2.56. The summed E-state index contributed by atoms with van der Waals surface area (Å²) in [4.78, 5) is 23.0. The van der Waals surface area contributed by atoms with E-state index >= 15 is 0 Å². The molecule has 0 aliphatic heterocycles. The summed E-state index contributed by atoms with van der Waals surface area (Å²) in [5, 5.41) is 15.4. The molecule has 1 N–H and O–H groups in total. The van der Waals surface area contributed by atoms with Crippen molar-refractivity contribution < 1.29 is 9.52 Å². The summed E-state index contributed by atoms with van der Waals surface area (Å²) in [6, 6.07) is 8.37. The molecule has 2 heterocycles. The number of pyridine rings is 1. The van der Waals surface area contributed by atoms with Crippen LogP contribution in [-0.2, 0) is 0 Å². The molecule has 0 spiro atoms. The molecule has 1 amide bonds. The van der Waals surface area contributed by atoms with Crippen LogP contribution in [0.1, 0.15) is 16.8 Å². The van der Waals surface area contributed by atoms with Crippen molar-refractivity contribution in [2.75, 3.05) is 27.2 Å². The van der Waals surface area contributed by atoms with Gasteiger partial charge in [0.2, 0.25) is 11.2 Å². The van der Waals surface area contributed by atoms with Crippen molar-refractivity contribution in [3.8, 4) is 0 Å². The third-order valence-electron chi connectivity index (χ3n) is 3.75. The predicted molar refractivity (Wildman–Crippen MR) is 91.5 cm³/mol. The van der Waals surface area contributed by atoms with Gasteiger partial charge in [0, 0.05) is 24.9 Å². The number of hydrogen-bond acceptors (Lipinski definition) is 5. The van der Waals surface area contributed by atoms with E-state index in [1.807, 2.05) is 14.1 Å². The van der Waals surface area contributed by atoms with Gasteiger partial charge in [0.1, 0.15) is 0 Å². The standard InChI is InChI=1S/C17H19N5O2/c1-21(2)11-5-10-19-17(23)12-6-3-7-13-15(12)20-16-14(22(13)24)8-4-9-18-16/h3-4,6-9H,5,10-11H2,1-2H3,(H,19,23). The third-order valence-corrected chi connectivity index (χ3v) is 3.75. The number of para-hydroxylation sites is 1. The monoisotopic (exact) mass is 325 g/mol. The predicted octanol–water partition coefficient (Wildman–Crippen LogP) is 1.10. The highest BCUT2D eigenvalue weighted by atomic mass is 16.5. The normalized spacial score (nSPS) is 11.3. The van der Waals surface area contributed by atoms with E-state index in [9.17, 15) is 10.0 Å². The van der Waals surface area contributed by atoms with Crippen LogP contribution in [0.4, 0.5) is 0 Å². The molecule has 2 aromatic heterocycles. The van der Waals surface area contributed by atoms with E-state index in [4.69, 9.17) is 0 Å². The van der Waals surface area contributed by atoms with Crippen LogP contribution in [0.3, 0.4) is 0 Å². The summed E-state index contributed by atoms with van der Waals surface area (Å²) in [7, 11) is 3.98. The lowest BCUT2D eigenvalue weighted by Crippen LogP contribution is -2.31. The van der Waals surface area contributed by atoms with Gasteiger partial charge in [-0.2, -0.15) is 4.73 Å². The maximum absolute atomic E-state index is 12.5. The molecule has 7 nitrogen and oxygen atoms in total. The smallest absolute Gasteiger partial charge is 0.262 e. The zero-order chi connectivity index (χ0) is 17.1. The van der Waals surface area contributed by atoms with Crippen molar-refractivity contribution in [2.45, 2.75) is 6.42 Å². The minimum absolute atomic E-state index is 0.234. The van der Waals surface area contributed by atoms with Crippen LogP contribution < -0.4 is 10.0 Å². The molecule has 3 aromatic rings. The van der Waals surface area contributed by atoms with Gasteiger partial charge in [-0.25, -0.2) is 9.97 Å². The molecule has 0 aliphatic carbocycles. The Bertz CT molecular complexity index is 895. The van der Waals surface area contributed by atoms with Crippen LogP contribution in [0.25, 0.3) is 22.2 Å². The van der Waals surface area contributed by atoms with Crippen molar-refractivity contribution >= 4 is 28.1 Å². The Morgan fingerprint density at radius 3 is 2.83 bits per heavy atom. The second kappa shape index (κ2) is 6.76. The number of nitrogens with one attached hydrogen (secondary N) is 1. The molecule has 0 atom stereocenters. The van der Waals surface area contributed by atoms with Crippen LogP contribution in [0.5, 0.6) is 0 Å². The van der Waals surface area contributed by atoms with Gasteiger partial charge in [-0.3, -0.25) is 4.79 Å². The number of rotatable bonds is 5. The first kappa shape index (κ1) is 16.1. The zero-order valence-electron chi connectivity index (χ0n) is 13.7. The largest absolute Gasteiger partial charge is 0.618 e. The number of carbonyl (C=O) groups excluding carboxylic acids is 1. The first-order valence-corrected chi connectivity index (χ1v) is 7.78. The van der Waals surface area contributed by atoms with Crippen molar-refractivity contribution in [3.05, 3.63) is 47.3 Å². The lowest BCUT2D eigenvalue weighted by Gasteiger charge is -2.11. The van der Waals surface area contributed by atoms with Crippen LogP contribution in [0.2, 0.25) is 0 Å². The molecule has 0 bridgehead atoms.